The fraction of sp³-hybridized carbons (Fsp3) is 0.944. The quantitative estimate of drug-likeness (QED) is 0.217. The van der Waals surface area contributed by atoms with Crippen LogP contribution in [-0.2, 0) is 9.53 Å². The molecular formula is C18H36O2S. The van der Waals surface area contributed by atoms with Crippen LogP contribution in [0.25, 0.3) is 0 Å². The Hall–Kier alpha value is -0.180. The fourth-order valence-corrected chi connectivity index (χ4v) is 2.65. The van der Waals surface area contributed by atoms with E-state index in [1.807, 2.05) is 0 Å². The second-order valence-electron chi connectivity index (χ2n) is 5.94. The van der Waals surface area contributed by atoms with E-state index >= 15 is 0 Å². The Morgan fingerprint density at radius 1 is 0.762 bits per heavy atom. The summed E-state index contributed by atoms with van der Waals surface area (Å²) in [5.41, 5.74) is 0. The van der Waals surface area contributed by atoms with Gasteiger partial charge in [0.2, 0.25) is 0 Å². The van der Waals surface area contributed by atoms with E-state index in [-0.39, 0.29) is 5.97 Å². The predicted octanol–water partition coefficient (Wildman–Crippen LogP) is 5.94. The smallest absolute Gasteiger partial charge is 0.306 e. The molecule has 0 aromatic carbocycles. The average Bonchev–Trinajstić information content (AvgIpc) is 2.48. The molecule has 3 heteroatoms. The van der Waals surface area contributed by atoms with Crippen molar-refractivity contribution < 1.29 is 9.53 Å². The second-order valence-corrected chi connectivity index (χ2v) is 6.38. The van der Waals surface area contributed by atoms with E-state index in [9.17, 15) is 4.79 Å². The Balaban J connectivity index is 3.01. The molecule has 0 fully saturated rings. The first-order chi connectivity index (χ1) is 10.3. The summed E-state index contributed by atoms with van der Waals surface area (Å²) >= 11 is 4.01. The maximum atomic E-state index is 11.1. The monoisotopic (exact) mass is 316 g/mol. The van der Waals surface area contributed by atoms with Gasteiger partial charge in [-0.2, -0.15) is 12.6 Å². The lowest BCUT2D eigenvalue weighted by Crippen LogP contribution is -2.06. The van der Waals surface area contributed by atoms with Crippen LogP contribution in [0, 0.1) is 0 Å². The zero-order chi connectivity index (χ0) is 15.6. The van der Waals surface area contributed by atoms with Crippen molar-refractivity contribution in [1.29, 1.82) is 0 Å². The summed E-state index contributed by atoms with van der Waals surface area (Å²) in [6, 6.07) is 0. The van der Waals surface area contributed by atoms with Gasteiger partial charge in [0, 0.05) is 5.75 Å². The zero-order valence-electron chi connectivity index (χ0n) is 14.1. The van der Waals surface area contributed by atoms with E-state index in [1.165, 1.54) is 77.0 Å². The molecule has 0 aliphatic heterocycles. The fourth-order valence-electron chi connectivity index (χ4n) is 2.47. The first-order valence-electron chi connectivity index (χ1n) is 9.07. The lowest BCUT2D eigenvalue weighted by Gasteiger charge is -2.04. The van der Waals surface area contributed by atoms with Crippen molar-refractivity contribution in [3.8, 4) is 0 Å². The van der Waals surface area contributed by atoms with Crippen LogP contribution in [0.15, 0.2) is 0 Å². The molecule has 0 aliphatic rings. The van der Waals surface area contributed by atoms with Crippen LogP contribution in [0.1, 0.15) is 96.8 Å². The van der Waals surface area contributed by atoms with E-state index in [1.54, 1.807) is 0 Å². The van der Waals surface area contributed by atoms with Crippen molar-refractivity contribution in [3.63, 3.8) is 0 Å². The summed E-state index contributed by atoms with van der Waals surface area (Å²) in [7, 11) is 0. The maximum Gasteiger partial charge on any atom is 0.306 e. The highest BCUT2D eigenvalue weighted by Crippen LogP contribution is 2.12. The van der Waals surface area contributed by atoms with Gasteiger partial charge in [-0.1, -0.05) is 84.0 Å². The van der Waals surface area contributed by atoms with Crippen molar-refractivity contribution in [2.45, 2.75) is 96.8 Å². The highest BCUT2D eigenvalue weighted by molar-refractivity contribution is 7.80. The minimum Gasteiger partial charge on any atom is -0.466 e. The van der Waals surface area contributed by atoms with E-state index < -0.39 is 0 Å². The topological polar surface area (TPSA) is 26.3 Å². The Kier molecular flexibility index (Phi) is 17.7. The number of hydrogen-bond donors (Lipinski definition) is 1. The lowest BCUT2D eigenvalue weighted by atomic mass is 10.0. The number of thiol groups is 1. The molecule has 0 radical (unpaired) electrons. The summed E-state index contributed by atoms with van der Waals surface area (Å²) in [5.74, 6) is 0.473. The Morgan fingerprint density at radius 3 is 1.62 bits per heavy atom. The molecule has 0 aromatic rings. The van der Waals surface area contributed by atoms with Crippen LogP contribution < -0.4 is 0 Å². The third-order valence-corrected chi connectivity index (χ3v) is 4.05. The largest absolute Gasteiger partial charge is 0.466 e. The van der Waals surface area contributed by atoms with Gasteiger partial charge in [-0.25, -0.2) is 0 Å². The molecule has 0 spiro atoms. The molecule has 0 heterocycles. The van der Waals surface area contributed by atoms with Crippen molar-refractivity contribution >= 4 is 18.6 Å². The highest BCUT2D eigenvalue weighted by Gasteiger charge is 2.00. The van der Waals surface area contributed by atoms with Gasteiger partial charge in [0.25, 0.3) is 0 Å². The van der Waals surface area contributed by atoms with Crippen LogP contribution in [-0.4, -0.2) is 18.3 Å². The van der Waals surface area contributed by atoms with Crippen molar-refractivity contribution in [2.75, 3.05) is 12.4 Å². The van der Waals surface area contributed by atoms with E-state index in [4.69, 9.17) is 4.74 Å². The number of carbonyl (C=O) groups is 1. The molecule has 21 heavy (non-hydrogen) atoms. The number of ether oxygens (including phenoxy) is 1. The second kappa shape index (κ2) is 17.9. The lowest BCUT2D eigenvalue weighted by molar-refractivity contribution is -0.143. The Labute approximate surface area is 137 Å². The molecule has 0 N–H and O–H groups in total. The first-order valence-corrected chi connectivity index (χ1v) is 9.71. The molecule has 0 atom stereocenters. The first kappa shape index (κ1) is 20.8. The van der Waals surface area contributed by atoms with Gasteiger partial charge in [-0.3, -0.25) is 4.79 Å². The van der Waals surface area contributed by atoms with Crippen molar-refractivity contribution in [1.82, 2.24) is 0 Å². The highest BCUT2D eigenvalue weighted by atomic mass is 32.1. The van der Waals surface area contributed by atoms with Crippen LogP contribution in [0.3, 0.4) is 0 Å². The van der Waals surface area contributed by atoms with Crippen LogP contribution in [0.4, 0.5) is 0 Å². The third kappa shape index (κ3) is 17.8. The number of esters is 1. The Bertz CT molecular complexity index is 219. The van der Waals surface area contributed by atoms with Crippen molar-refractivity contribution in [2.24, 2.45) is 0 Å². The summed E-state index contributed by atoms with van der Waals surface area (Å²) in [4.78, 5) is 11.1. The number of rotatable bonds is 16. The molecule has 2 nitrogen and oxygen atoms in total. The number of hydrogen-bond acceptors (Lipinski definition) is 3. The van der Waals surface area contributed by atoms with Crippen LogP contribution >= 0.6 is 12.6 Å². The van der Waals surface area contributed by atoms with Gasteiger partial charge < -0.3 is 4.74 Å². The number of carbonyl (C=O) groups excluding carboxylic acids is 1. The molecule has 0 rings (SSSR count). The molecule has 0 saturated heterocycles. The molecule has 0 aromatic heterocycles. The Morgan fingerprint density at radius 2 is 1.19 bits per heavy atom. The van der Waals surface area contributed by atoms with Gasteiger partial charge >= 0.3 is 5.97 Å². The van der Waals surface area contributed by atoms with Gasteiger partial charge in [-0.05, 0) is 6.42 Å². The third-order valence-electron chi connectivity index (χ3n) is 3.83. The SMILES string of the molecule is CCCCCCCCCCCCCCCOC(=O)CCS. The van der Waals surface area contributed by atoms with Gasteiger partial charge in [-0.15, -0.1) is 0 Å². The predicted molar refractivity (Wildman–Crippen MR) is 95.1 cm³/mol. The van der Waals surface area contributed by atoms with Gasteiger partial charge in [0.15, 0.2) is 0 Å². The van der Waals surface area contributed by atoms with Crippen LogP contribution in [0.5, 0.6) is 0 Å². The van der Waals surface area contributed by atoms with Gasteiger partial charge in [0.1, 0.15) is 0 Å². The van der Waals surface area contributed by atoms with Crippen LogP contribution in [0.2, 0.25) is 0 Å². The van der Waals surface area contributed by atoms with E-state index in [0.717, 1.165) is 6.42 Å². The normalized spacial score (nSPS) is 10.8. The molecule has 126 valence electrons. The zero-order valence-corrected chi connectivity index (χ0v) is 15.0. The maximum absolute atomic E-state index is 11.1. The summed E-state index contributed by atoms with van der Waals surface area (Å²) in [6.45, 7) is 2.86. The molecule has 0 saturated carbocycles. The minimum absolute atomic E-state index is 0.107. The standard InChI is InChI=1S/C18H36O2S/c1-2-3-4-5-6-7-8-9-10-11-12-13-14-16-20-18(19)15-17-21/h21H,2-17H2,1H3. The number of unbranched alkanes of at least 4 members (excludes halogenated alkanes) is 12. The van der Waals surface area contributed by atoms with Gasteiger partial charge in [0.05, 0.1) is 13.0 Å². The van der Waals surface area contributed by atoms with E-state index in [0.29, 0.717) is 18.8 Å². The molecule has 0 aliphatic carbocycles. The summed E-state index contributed by atoms with van der Waals surface area (Å²) in [5, 5.41) is 0. The summed E-state index contributed by atoms with van der Waals surface area (Å²) in [6.07, 6.45) is 17.9. The minimum atomic E-state index is -0.107. The summed E-state index contributed by atoms with van der Waals surface area (Å²) < 4.78 is 5.09. The molecule has 0 amide bonds. The van der Waals surface area contributed by atoms with E-state index in [2.05, 4.69) is 19.6 Å². The molecular weight excluding hydrogens is 280 g/mol. The molecule has 0 bridgehead atoms. The van der Waals surface area contributed by atoms with Crippen molar-refractivity contribution in [3.05, 3.63) is 0 Å². The average molecular weight is 317 g/mol. The molecule has 0 unspecified atom stereocenters.